The second kappa shape index (κ2) is 9.67. The Morgan fingerprint density at radius 2 is 1.75 bits per heavy atom. The molecule has 2 N–H and O–H groups in total. The Labute approximate surface area is 196 Å². The van der Waals surface area contributed by atoms with Crippen LogP contribution in [0.4, 0.5) is 9.18 Å². The van der Waals surface area contributed by atoms with Crippen LogP contribution in [0.15, 0.2) is 30.3 Å². The van der Waals surface area contributed by atoms with E-state index in [2.05, 4.69) is 9.64 Å². The second-order valence-electron chi connectivity index (χ2n) is 8.50. The molecule has 32 heavy (non-hydrogen) atoms. The molecule has 1 atom stereocenters. The van der Waals surface area contributed by atoms with Crippen molar-refractivity contribution < 1.29 is 18.7 Å². The number of amides is 2. The molecular weight excluding hydrogens is 454 g/mol. The number of nitrogens with two attached hydrogens (primary N) is 1. The Bertz CT molecular complexity index is 1020. The average molecular weight is 479 g/mol. The number of rotatable bonds is 5. The predicted molar refractivity (Wildman–Crippen MR) is 122 cm³/mol. The van der Waals surface area contributed by atoms with Crippen molar-refractivity contribution in [2.45, 2.75) is 51.0 Å². The van der Waals surface area contributed by atoms with Gasteiger partial charge in [-0.05, 0) is 66.6 Å². The number of nitrogens with zero attached hydrogens (tertiary/aromatic N) is 1. The summed E-state index contributed by atoms with van der Waals surface area (Å²) in [5.74, 6) is -0.907. The maximum atomic E-state index is 14.2. The van der Waals surface area contributed by atoms with Gasteiger partial charge >= 0.3 is 6.09 Å². The predicted octanol–water partition coefficient (Wildman–Crippen LogP) is 5.98. The normalized spacial score (nSPS) is 19.4. The van der Waals surface area contributed by atoms with E-state index in [-0.39, 0.29) is 17.6 Å². The van der Waals surface area contributed by atoms with Gasteiger partial charge in [-0.2, -0.15) is 0 Å². The van der Waals surface area contributed by atoms with Gasteiger partial charge in [0.1, 0.15) is 0 Å². The summed E-state index contributed by atoms with van der Waals surface area (Å²) in [7, 11) is 0. The first-order valence-electron chi connectivity index (χ1n) is 10.9. The van der Waals surface area contributed by atoms with Crippen LogP contribution in [-0.4, -0.2) is 29.5 Å². The molecule has 0 spiro atoms. The lowest BCUT2D eigenvalue weighted by atomic mass is 9.93. The molecule has 2 aliphatic rings. The van der Waals surface area contributed by atoms with Gasteiger partial charge in [0, 0.05) is 28.5 Å². The smallest absolute Gasteiger partial charge is 0.407 e. The van der Waals surface area contributed by atoms with Crippen LogP contribution in [0, 0.1) is 11.7 Å². The molecular formula is C24H25Cl2FN2O3. The maximum Gasteiger partial charge on any atom is 0.410 e. The van der Waals surface area contributed by atoms with E-state index in [9.17, 15) is 14.0 Å². The number of primary amides is 1. The number of hydrogen-bond acceptors (Lipinski definition) is 3. The fourth-order valence-electron chi connectivity index (χ4n) is 4.79. The van der Waals surface area contributed by atoms with Crippen LogP contribution >= 0.6 is 23.2 Å². The van der Waals surface area contributed by atoms with E-state index in [0.29, 0.717) is 33.6 Å². The number of ether oxygens (including phenoxy) is 1. The summed E-state index contributed by atoms with van der Waals surface area (Å²) in [5.41, 5.74) is 6.81. The van der Waals surface area contributed by atoms with Crippen LogP contribution in [-0.2, 0) is 11.2 Å². The van der Waals surface area contributed by atoms with E-state index in [1.165, 1.54) is 31.4 Å². The lowest BCUT2D eigenvalue weighted by molar-refractivity contribution is -0.133. The third-order valence-electron chi connectivity index (χ3n) is 6.43. The van der Waals surface area contributed by atoms with Gasteiger partial charge < -0.3 is 15.4 Å². The van der Waals surface area contributed by atoms with Gasteiger partial charge in [-0.15, -0.1) is 0 Å². The topological polar surface area (TPSA) is 72.6 Å². The zero-order valence-electron chi connectivity index (χ0n) is 17.6. The Hall–Kier alpha value is -2.31. The third-order valence-corrected chi connectivity index (χ3v) is 7.11. The summed E-state index contributed by atoms with van der Waals surface area (Å²) in [6.07, 6.45) is 6.02. The molecule has 0 radical (unpaired) electrons. The molecule has 1 aliphatic heterocycles. The number of hydrogen-bond donors (Lipinski definition) is 1. The summed E-state index contributed by atoms with van der Waals surface area (Å²) in [6.45, 7) is 0.792. The SMILES string of the molecule is NC(=O)Oc1ccc(-c2cc(Cl)c(CC3CCN(C4CCCCC4)C3=O)c(Cl)c2)cc1F. The van der Waals surface area contributed by atoms with E-state index in [0.717, 1.165) is 31.4 Å². The first-order chi connectivity index (χ1) is 15.3. The first kappa shape index (κ1) is 22.9. The molecule has 0 aromatic heterocycles. The van der Waals surface area contributed by atoms with Crippen molar-refractivity contribution in [1.29, 1.82) is 0 Å². The van der Waals surface area contributed by atoms with Crippen molar-refractivity contribution in [3.63, 3.8) is 0 Å². The van der Waals surface area contributed by atoms with Gasteiger partial charge in [0.05, 0.1) is 0 Å². The molecule has 2 amide bonds. The van der Waals surface area contributed by atoms with Crippen molar-refractivity contribution in [2.75, 3.05) is 6.54 Å². The molecule has 8 heteroatoms. The molecule has 1 heterocycles. The summed E-state index contributed by atoms with van der Waals surface area (Å²) in [5, 5.41) is 0.878. The summed E-state index contributed by atoms with van der Waals surface area (Å²) >= 11 is 13.1. The molecule has 1 aliphatic carbocycles. The highest BCUT2D eigenvalue weighted by molar-refractivity contribution is 6.36. The number of likely N-dealkylation sites (tertiary alicyclic amines) is 1. The monoisotopic (exact) mass is 478 g/mol. The molecule has 1 unspecified atom stereocenters. The number of benzene rings is 2. The van der Waals surface area contributed by atoms with Gasteiger partial charge in [0.2, 0.25) is 5.91 Å². The molecule has 0 bridgehead atoms. The minimum absolute atomic E-state index is 0.125. The van der Waals surface area contributed by atoms with Gasteiger partial charge in [-0.3, -0.25) is 4.79 Å². The number of halogens is 3. The molecule has 5 nitrogen and oxygen atoms in total. The molecule has 4 rings (SSSR count). The van der Waals surface area contributed by atoms with Gasteiger partial charge in [0.25, 0.3) is 0 Å². The first-order valence-corrected chi connectivity index (χ1v) is 11.6. The van der Waals surface area contributed by atoms with Crippen LogP contribution in [0.25, 0.3) is 11.1 Å². The van der Waals surface area contributed by atoms with Crippen molar-refractivity contribution in [3.8, 4) is 16.9 Å². The van der Waals surface area contributed by atoms with Crippen molar-refractivity contribution in [1.82, 2.24) is 4.90 Å². The summed E-state index contributed by atoms with van der Waals surface area (Å²) in [6, 6.07) is 7.93. The maximum absolute atomic E-state index is 14.2. The Kier molecular flexibility index (Phi) is 6.91. The third kappa shape index (κ3) is 4.86. The van der Waals surface area contributed by atoms with Gasteiger partial charge in [0.15, 0.2) is 11.6 Å². The van der Waals surface area contributed by atoms with Crippen LogP contribution in [0.3, 0.4) is 0 Å². The minimum Gasteiger partial charge on any atom is -0.407 e. The van der Waals surface area contributed by atoms with E-state index in [4.69, 9.17) is 28.9 Å². The molecule has 2 aromatic carbocycles. The largest absolute Gasteiger partial charge is 0.410 e. The van der Waals surface area contributed by atoms with Crippen molar-refractivity contribution in [2.24, 2.45) is 11.7 Å². The van der Waals surface area contributed by atoms with Crippen LogP contribution < -0.4 is 10.5 Å². The average Bonchev–Trinajstić information content (AvgIpc) is 3.12. The summed E-state index contributed by atoms with van der Waals surface area (Å²) < 4.78 is 18.9. The molecule has 1 saturated heterocycles. The second-order valence-corrected chi connectivity index (χ2v) is 9.31. The summed E-state index contributed by atoms with van der Waals surface area (Å²) in [4.78, 5) is 25.9. The van der Waals surface area contributed by atoms with E-state index in [1.54, 1.807) is 18.2 Å². The molecule has 2 fully saturated rings. The highest BCUT2D eigenvalue weighted by Gasteiger charge is 2.36. The van der Waals surface area contributed by atoms with E-state index >= 15 is 0 Å². The number of carbonyl (C=O) groups excluding carboxylic acids is 2. The Morgan fingerprint density at radius 3 is 2.38 bits per heavy atom. The zero-order chi connectivity index (χ0) is 22.8. The minimum atomic E-state index is -1.09. The van der Waals surface area contributed by atoms with E-state index in [1.807, 2.05) is 0 Å². The van der Waals surface area contributed by atoms with Gasteiger partial charge in [-0.25, -0.2) is 9.18 Å². The van der Waals surface area contributed by atoms with E-state index < -0.39 is 11.9 Å². The molecule has 1 saturated carbocycles. The van der Waals surface area contributed by atoms with Crippen LogP contribution in [0.5, 0.6) is 5.75 Å². The zero-order valence-corrected chi connectivity index (χ0v) is 19.1. The fraction of sp³-hybridized carbons (Fsp3) is 0.417. The lowest BCUT2D eigenvalue weighted by Gasteiger charge is -2.31. The standard InChI is InChI=1S/C24H25Cl2FN2O3/c25-19-11-16(14-6-7-22(21(27)13-14)32-24(28)31)12-20(26)18(19)10-15-8-9-29(23(15)30)17-4-2-1-3-5-17/h6-7,11-13,15,17H,1-5,8-10H2,(H2,28,31). The van der Waals surface area contributed by atoms with Crippen LogP contribution in [0.2, 0.25) is 10.0 Å². The number of carbonyl (C=O) groups is 2. The quantitative estimate of drug-likeness (QED) is 0.574. The Morgan fingerprint density at radius 1 is 1.06 bits per heavy atom. The Balaban J connectivity index is 1.50. The van der Waals surface area contributed by atoms with Crippen LogP contribution in [0.1, 0.15) is 44.1 Å². The highest BCUT2D eigenvalue weighted by Crippen LogP contribution is 2.37. The van der Waals surface area contributed by atoms with Crippen molar-refractivity contribution in [3.05, 3.63) is 51.8 Å². The van der Waals surface area contributed by atoms with Gasteiger partial charge in [-0.1, -0.05) is 48.5 Å². The highest BCUT2D eigenvalue weighted by atomic mass is 35.5. The lowest BCUT2D eigenvalue weighted by Crippen LogP contribution is -2.39. The molecule has 2 aromatic rings. The van der Waals surface area contributed by atoms with Crippen molar-refractivity contribution >= 4 is 35.2 Å². The fourth-order valence-corrected chi connectivity index (χ4v) is 5.43. The molecule has 170 valence electrons.